The standard InChI is InChI=1S/C24H21N7O/c1-16-19(9-20(12-26-16)18-7-8-31-23(11-18)28-24(25)29-31)10-22(32)21-13-27-30(15-21)14-17-5-3-2-4-6-17/h2-9,11-13,15H,10,14H2,1H3,(H2,25,29). The third kappa shape index (κ3) is 3.98. The first-order valence-electron chi connectivity index (χ1n) is 10.2. The molecule has 8 nitrogen and oxygen atoms in total. The molecule has 0 spiro atoms. The number of carbonyl (C=O) groups excluding carboxylic acids is 1. The molecule has 2 N–H and O–H groups in total. The van der Waals surface area contributed by atoms with E-state index in [1.54, 1.807) is 34.0 Å². The van der Waals surface area contributed by atoms with Crippen LogP contribution in [0.1, 0.15) is 27.2 Å². The highest BCUT2D eigenvalue weighted by atomic mass is 16.1. The SMILES string of the molecule is Cc1ncc(-c2ccn3nc(N)nc3c2)cc1CC(=O)c1cnn(Cc2ccccc2)c1. The van der Waals surface area contributed by atoms with E-state index in [9.17, 15) is 4.79 Å². The van der Waals surface area contributed by atoms with Gasteiger partial charge in [-0.2, -0.15) is 10.1 Å². The Morgan fingerprint density at radius 2 is 1.91 bits per heavy atom. The van der Waals surface area contributed by atoms with Crippen LogP contribution in [0.25, 0.3) is 16.8 Å². The summed E-state index contributed by atoms with van der Waals surface area (Å²) in [6, 6.07) is 15.9. The van der Waals surface area contributed by atoms with Crippen molar-refractivity contribution >= 4 is 17.4 Å². The number of carbonyl (C=O) groups is 1. The number of nitrogens with two attached hydrogens (primary N) is 1. The lowest BCUT2D eigenvalue weighted by atomic mass is 10.0. The molecule has 32 heavy (non-hydrogen) atoms. The highest BCUT2D eigenvalue weighted by Gasteiger charge is 2.14. The van der Waals surface area contributed by atoms with Crippen molar-refractivity contribution in [2.24, 2.45) is 0 Å². The Balaban J connectivity index is 1.36. The van der Waals surface area contributed by atoms with E-state index in [2.05, 4.69) is 20.2 Å². The fourth-order valence-corrected chi connectivity index (χ4v) is 3.63. The average Bonchev–Trinajstić information content (AvgIpc) is 3.41. The second kappa shape index (κ2) is 8.07. The Hall–Kier alpha value is -4.33. The van der Waals surface area contributed by atoms with Gasteiger partial charge in [-0.05, 0) is 41.8 Å². The van der Waals surface area contributed by atoms with Crippen LogP contribution in [0.5, 0.6) is 0 Å². The predicted molar refractivity (Wildman–Crippen MR) is 121 cm³/mol. The third-order valence-corrected chi connectivity index (χ3v) is 5.37. The number of hydrogen-bond donors (Lipinski definition) is 1. The fraction of sp³-hybridized carbons (Fsp3) is 0.125. The summed E-state index contributed by atoms with van der Waals surface area (Å²) in [4.78, 5) is 21.7. The molecule has 4 aromatic heterocycles. The molecular weight excluding hydrogens is 402 g/mol. The average molecular weight is 423 g/mol. The van der Waals surface area contributed by atoms with Crippen molar-refractivity contribution in [3.05, 3.63) is 95.7 Å². The largest absolute Gasteiger partial charge is 0.366 e. The van der Waals surface area contributed by atoms with Crippen molar-refractivity contribution in [1.29, 1.82) is 0 Å². The Morgan fingerprint density at radius 3 is 2.75 bits per heavy atom. The second-order valence-corrected chi connectivity index (χ2v) is 7.67. The number of hydrogen-bond acceptors (Lipinski definition) is 6. The summed E-state index contributed by atoms with van der Waals surface area (Å²) in [7, 11) is 0. The minimum atomic E-state index is 0.00652. The second-order valence-electron chi connectivity index (χ2n) is 7.67. The molecule has 0 radical (unpaired) electrons. The first kappa shape index (κ1) is 19.6. The number of aryl methyl sites for hydroxylation is 1. The topological polar surface area (TPSA) is 104 Å². The van der Waals surface area contributed by atoms with Gasteiger partial charge in [-0.15, -0.1) is 5.10 Å². The number of fused-ring (bicyclic) bond motifs is 1. The van der Waals surface area contributed by atoms with E-state index in [0.717, 1.165) is 27.9 Å². The van der Waals surface area contributed by atoms with Crippen molar-refractivity contribution in [1.82, 2.24) is 29.4 Å². The summed E-state index contributed by atoms with van der Waals surface area (Å²) in [5, 5.41) is 8.44. The summed E-state index contributed by atoms with van der Waals surface area (Å²) in [5.74, 6) is 0.232. The maximum absolute atomic E-state index is 12.9. The summed E-state index contributed by atoms with van der Waals surface area (Å²) in [6.45, 7) is 2.54. The zero-order chi connectivity index (χ0) is 22.1. The monoisotopic (exact) mass is 423 g/mol. The minimum absolute atomic E-state index is 0.00652. The van der Waals surface area contributed by atoms with Crippen LogP contribution in [-0.2, 0) is 13.0 Å². The van der Waals surface area contributed by atoms with E-state index in [0.29, 0.717) is 17.8 Å². The molecule has 0 aliphatic carbocycles. The number of benzene rings is 1. The van der Waals surface area contributed by atoms with Gasteiger partial charge in [0.15, 0.2) is 11.4 Å². The molecule has 0 atom stereocenters. The van der Waals surface area contributed by atoms with Gasteiger partial charge in [-0.25, -0.2) is 4.52 Å². The van der Waals surface area contributed by atoms with Crippen molar-refractivity contribution in [2.45, 2.75) is 19.9 Å². The highest BCUT2D eigenvalue weighted by molar-refractivity contribution is 5.97. The maximum atomic E-state index is 12.9. The zero-order valence-electron chi connectivity index (χ0n) is 17.5. The smallest absolute Gasteiger partial charge is 0.240 e. The van der Waals surface area contributed by atoms with Gasteiger partial charge in [0.25, 0.3) is 0 Å². The molecule has 0 aliphatic rings. The van der Waals surface area contributed by atoms with Gasteiger partial charge in [0.2, 0.25) is 5.95 Å². The van der Waals surface area contributed by atoms with Gasteiger partial charge < -0.3 is 5.73 Å². The lowest BCUT2D eigenvalue weighted by Crippen LogP contribution is -2.06. The molecule has 4 heterocycles. The molecular formula is C24H21N7O. The van der Waals surface area contributed by atoms with Gasteiger partial charge in [0.1, 0.15) is 0 Å². The van der Waals surface area contributed by atoms with E-state index in [-0.39, 0.29) is 18.2 Å². The zero-order valence-corrected chi connectivity index (χ0v) is 17.5. The molecule has 5 rings (SSSR count). The van der Waals surface area contributed by atoms with Crippen molar-refractivity contribution in [2.75, 3.05) is 5.73 Å². The Bertz CT molecular complexity index is 1420. The highest BCUT2D eigenvalue weighted by Crippen LogP contribution is 2.23. The number of pyridine rings is 2. The van der Waals surface area contributed by atoms with E-state index >= 15 is 0 Å². The molecule has 0 aliphatic heterocycles. The first-order valence-corrected chi connectivity index (χ1v) is 10.2. The van der Waals surface area contributed by atoms with Crippen LogP contribution in [0, 0.1) is 6.92 Å². The van der Waals surface area contributed by atoms with Gasteiger partial charge in [0, 0.05) is 36.3 Å². The van der Waals surface area contributed by atoms with Crippen LogP contribution in [0.2, 0.25) is 0 Å². The molecule has 0 fully saturated rings. The van der Waals surface area contributed by atoms with Gasteiger partial charge in [0.05, 0.1) is 18.3 Å². The quantitative estimate of drug-likeness (QED) is 0.420. The molecule has 0 amide bonds. The minimum Gasteiger partial charge on any atom is -0.366 e. The molecule has 0 saturated carbocycles. The number of ketones is 1. The number of nitrogen functional groups attached to an aromatic ring is 1. The maximum Gasteiger partial charge on any atom is 0.240 e. The van der Waals surface area contributed by atoms with Crippen molar-refractivity contribution in [3.8, 4) is 11.1 Å². The molecule has 158 valence electrons. The molecule has 5 aromatic rings. The summed E-state index contributed by atoms with van der Waals surface area (Å²) in [5.41, 5.74) is 11.6. The number of anilines is 1. The predicted octanol–water partition coefficient (Wildman–Crippen LogP) is 3.35. The molecule has 0 unspecified atom stereocenters. The van der Waals surface area contributed by atoms with Crippen LogP contribution in [-0.4, -0.2) is 35.1 Å². The molecule has 8 heteroatoms. The number of rotatable bonds is 6. The van der Waals surface area contributed by atoms with Crippen LogP contribution < -0.4 is 5.73 Å². The third-order valence-electron chi connectivity index (χ3n) is 5.37. The fourth-order valence-electron chi connectivity index (χ4n) is 3.63. The summed E-state index contributed by atoms with van der Waals surface area (Å²) < 4.78 is 3.40. The summed E-state index contributed by atoms with van der Waals surface area (Å²) >= 11 is 0. The van der Waals surface area contributed by atoms with Crippen molar-refractivity contribution in [3.63, 3.8) is 0 Å². The number of nitrogens with zero attached hydrogens (tertiary/aromatic N) is 6. The number of aromatic nitrogens is 6. The van der Waals surface area contributed by atoms with E-state index in [1.165, 1.54) is 0 Å². The number of Topliss-reactive ketones (excluding diaryl/α,β-unsaturated/α-hetero) is 1. The molecule has 0 bridgehead atoms. The van der Waals surface area contributed by atoms with Crippen LogP contribution in [0.15, 0.2) is 73.3 Å². The summed E-state index contributed by atoms with van der Waals surface area (Å²) in [6.07, 6.45) is 7.28. The lowest BCUT2D eigenvalue weighted by Gasteiger charge is -2.08. The molecule has 0 saturated heterocycles. The normalized spacial score (nSPS) is 11.2. The lowest BCUT2D eigenvalue weighted by molar-refractivity contribution is 0.0992. The van der Waals surface area contributed by atoms with E-state index in [4.69, 9.17) is 5.73 Å². The Labute approximate surface area is 184 Å². The van der Waals surface area contributed by atoms with Crippen LogP contribution in [0.4, 0.5) is 5.95 Å². The Kier molecular flexibility index (Phi) is 4.95. The van der Waals surface area contributed by atoms with Gasteiger partial charge in [-0.1, -0.05) is 30.3 Å². The van der Waals surface area contributed by atoms with Crippen molar-refractivity contribution < 1.29 is 4.79 Å². The van der Waals surface area contributed by atoms with Gasteiger partial charge >= 0.3 is 0 Å². The van der Waals surface area contributed by atoms with Crippen LogP contribution >= 0.6 is 0 Å². The van der Waals surface area contributed by atoms with E-state index < -0.39 is 0 Å². The first-order chi connectivity index (χ1) is 15.5. The van der Waals surface area contributed by atoms with E-state index in [1.807, 2.05) is 55.5 Å². The van der Waals surface area contributed by atoms with Crippen LogP contribution in [0.3, 0.4) is 0 Å². The Morgan fingerprint density at radius 1 is 1.06 bits per heavy atom. The molecule has 1 aromatic carbocycles. The van der Waals surface area contributed by atoms with Gasteiger partial charge in [-0.3, -0.25) is 14.5 Å².